The SMILES string of the molecule is CCOC(=O)c1n[nH]nc1-c1ccccc1N1CCNCC1. The second-order valence-electron chi connectivity index (χ2n) is 5.00. The Labute approximate surface area is 128 Å². The highest BCUT2D eigenvalue weighted by atomic mass is 16.5. The molecule has 1 aromatic heterocycles. The fourth-order valence-corrected chi connectivity index (χ4v) is 2.62. The van der Waals surface area contributed by atoms with Crippen molar-refractivity contribution in [2.75, 3.05) is 37.7 Å². The van der Waals surface area contributed by atoms with Gasteiger partial charge in [-0.05, 0) is 13.0 Å². The molecule has 0 radical (unpaired) electrons. The molecule has 2 aromatic rings. The number of carbonyl (C=O) groups excluding carboxylic acids is 1. The largest absolute Gasteiger partial charge is 0.461 e. The van der Waals surface area contributed by atoms with Gasteiger partial charge in [-0.2, -0.15) is 10.3 Å². The molecular formula is C15H19N5O2. The molecule has 0 aliphatic carbocycles. The van der Waals surface area contributed by atoms with E-state index < -0.39 is 5.97 Å². The van der Waals surface area contributed by atoms with E-state index in [9.17, 15) is 4.79 Å². The lowest BCUT2D eigenvalue weighted by atomic mass is 10.1. The zero-order valence-electron chi connectivity index (χ0n) is 12.5. The molecule has 0 unspecified atom stereocenters. The number of nitrogens with one attached hydrogen (secondary N) is 2. The van der Waals surface area contributed by atoms with Gasteiger partial charge in [0.25, 0.3) is 0 Å². The van der Waals surface area contributed by atoms with Crippen LogP contribution in [0.3, 0.4) is 0 Å². The van der Waals surface area contributed by atoms with Crippen molar-refractivity contribution >= 4 is 11.7 Å². The summed E-state index contributed by atoms with van der Waals surface area (Å²) in [6, 6.07) is 7.93. The predicted octanol–water partition coefficient (Wildman–Crippen LogP) is 1.06. The van der Waals surface area contributed by atoms with Crippen LogP contribution in [0.4, 0.5) is 5.69 Å². The number of hydrogen-bond acceptors (Lipinski definition) is 6. The van der Waals surface area contributed by atoms with Crippen LogP contribution in [-0.4, -0.2) is 54.2 Å². The second kappa shape index (κ2) is 6.57. The van der Waals surface area contributed by atoms with E-state index >= 15 is 0 Å². The van der Waals surface area contributed by atoms with Gasteiger partial charge in [0.15, 0.2) is 5.69 Å². The highest BCUT2D eigenvalue weighted by molar-refractivity contribution is 5.96. The van der Waals surface area contributed by atoms with Gasteiger partial charge in [-0.15, -0.1) is 5.10 Å². The summed E-state index contributed by atoms with van der Waals surface area (Å²) in [5.41, 5.74) is 2.71. The summed E-state index contributed by atoms with van der Waals surface area (Å²) in [5.74, 6) is -0.457. The van der Waals surface area contributed by atoms with Gasteiger partial charge < -0.3 is 15.0 Å². The average Bonchev–Trinajstić information content (AvgIpc) is 3.05. The van der Waals surface area contributed by atoms with Gasteiger partial charge in [0.05, 0.1) is 6.61 Å². The van der Waals surface area contributed by atoms with Gasteiger partial charge in [0.1, 0.15) is 5.69 Å². The summed E-state index contributed by atoms with van der Waals surface area (Å²) in [4.78, 5) is 14.3. The van der Waals surface area contributed by atoms with Crippen LogP contribution in [-0.2, 0) is 4.74 Å². The van der Waals surface area contributed by atoms with Crippen LogP contribution in [0, 0.1) is 0 Å². The Morgan fingerprint density at radius 3 is 2.82 bits per heavy atom. The average molecular weight is 301 g/mol. The number of benzene rings is 1. The summed E-state index contributed by atoms with van der Waals surface area (Å²) in [6.07, 6.45) is 0. The molecule has 0 saturated carbocycles. The van der Waals surface area contributed by atoms with Crippen molar-refractivity contribution in [1.82, 2.24) is 20.7 Å². The molecule has 0 amide bonds. The van der Waals surface area contributed by atoms with Crippen molar-refractivity contribution in [3.8, 4) is 11.3 Å². The normalized spacial score (nSPS) is 14.9. The minimum absolute atomic E-state index is 0.226. The number of rotatable bonds is 4. The van der Waals surface area contributed by atoms with Crippen molar-refractivity contribution in [3.05, 3.63) is 30.0 Å². The summed E-state index contributed by atoms with van der Waals surface area (Å²) < 4.78 is 5.05. The second-order valence-corrected chi connectivity index (χ2v) is 5.00. The van der Waals surface area contributed by atoms with Crippen LogP contribution in [0.1, 0.15) is 17.4 Å². The minimum Gasteiger partial charge on any atom is -0.461 e. The molecule has 1 aromatic carbocycles. The molecule has 7 heteroatoms. The number of para-hydroxylation sites is 1. The van der Waals surface area contributed by atoms with E-state index in [4.69, 9.17) is 4.74 Å². The number of nitrogens with zero attached hydrogens (tertiary/aromatic N) is 3. The van der Waals surface area contributed by atoms with E-state index in [1.54, 1.807) is 6.92 Å². The smallest absolute Gasteiger partial charge is 0.361 e. The number of ether oxygens (including phenoxy) is 1. The Morgan fingerprint density at radius 1 is 1.27 bits per heavy atom. The summed E-state index contributed by atoms with van der Waals surface area (Å²) in [6.45, 7) is 5.81. The van der Waals surface area contributed by atoms with Crippen LogP contribution < -0.4 is 10.2 Å². The third-order valence-corrected chi connectivity index (χ3v) is 3.63. The van der Waals surface area contributed by atoms with Crippen molar-refractivity contribution in [2.45, 2.75) is 6.92 Å². The Kier molecular flexibility index (Phi) is 4.34. The first-order chi connectivity index (χ1) is 10.8. The molecule has 2 N–H and O–H groups in total. The van der Waals surface area contributed by atoms with Crippen LogP contribution in [0.15, 0.2) is 24.3 Å². The zero-order chi connectivity index (χ0) is 15.4. The highest BCUT2D eigenvalue weighted by Gasteiger charge is 2.23. The van der Waals surface area contributed by atoms with Crippen molar-refractivity contribution in [1.29, 1.82) is 0 Å². The van der Waals surface area contributed by atoms with Crippen LogP contribution >= 0.6 is 0 Å². The molecule has 22 heavy (non-hydrogen) atoms. The fourth-order valence-electron chi connectivity index (χ4n) is 2.62. The van der Waals surface area contributed by atoms with E-state index in [-0.39, 0.29) is 5.69 Å². The Hall–Kier alpha value is -2.41. The highest BCUT2D eigenvalue weighted by Crippen LogP contribution is 2.31. The quantitative estimate of drug-likeness (QED) is 0.822. The van der Waals surface area contributed by atoms with E-state index in [0.717, 1.165) is 37.4 Å². The molecule has 1 saturated heterocycles. The number of aromatic nitrogens is 3. The molecular weight excluding hydrogens is 282 g/mol. The van der Waals surface area contributed by atoms with Gasteiger partial charge in [-0.25, -0.2) is 4.79 Å². The first kappa shape index (κ1) is 14.5. The van der Waals surface area contributed by atoms with Crippen molar-refractivity contribution in [3.63, 3.8) is 0 Å². The maximum atomic E-state index is 12.0. The third kappa shape index (κ3) is 2.80. The summed E-state index contributed by atoms with van der Waals surface area (Å²) in [5, 5.41) is 14.0. The Morgan fingerprint density at radius 2 is 2.05 bits per heavy atom. The molecule has 7 nitrogen and oxygen atoms in total. The summed E-state index contributed by atoms with van der Waals surface area (Å²) >= 11 is 0. The third-order valence-electron chi connectivity index (χ3n) is 3.63. The van der Waals surface area contributed by atoms with E-state index in [1.807, 2.05) is 24.3 Å². The maximum absolute atomic E-state index is 12.0. The first-order valence-electron chi connectivity index (χ1n) is 7.44. The monoisotopic (exact) mass is 301 g/mol. The molecule has 1 fully saturated rings. The molecule has 2 heterocycles. The number of esters is 1. The van der Waals surface area contributed by atoms with E-state index in [0.29, 0.717) is 12.3 Å². The van der Waals surface area contributed by atoms with Gasteiger partial charge in [0.2, 0.25) is 0 Å². The Bertz CT molecular complexity index is 649. The standard InChI is InChI=1S/C15H19N5O2/c1-2-22-15(21)14-13(17-19-18-14)11-5-3-4-6-12(11)20-9-7-16-8-10-20/h3-6,16H,2,7-10H2,1H3,(H,17,18,19). The van der Waals surface area contributed by atoms with Crippen molar-refractivity contribution in [2.24, 2.45) is 0 Å². The lowest BCUT2D eigenvalue weighted by molar-refractivity contribution is 0.0520. The lowest BCUT2D eigenvalue weighted by Crippen LogP contribution is -2.43. The van der Waals surface area contributed by atoms with E-state index in [1.165, 1.54) is 0 Å². The number of carbonyl (C=O) groups is 1. The lowest BCUT2D eigenvalue weighted by Gasteiger charge is -2.30. The molecule has 0 atom stereocenters. The molecule has 116 valence electrons. The number of H-pyrrole nitrogens is 1. The number of anilines is 1. The van der Waals surface area contributed by atoms with Crippen molar-refractivity contribution < 1.29 is 9.53 Å². The predicted molar refractivity (Wildman–Crippen MR) is 82.9 cm³/mol. The molecule has 1 aliphatic rings. The van der Waals surface area contributed by atoms with Crippen LogP contribution in [0.2, 0.25) is 0 Å². The van der Waals surface area contributed by atoms with Gasteiger partial charge in [0, 0.05) is 37.4 Å². The van der Waals surface area contributed by atoms with E-state index in [2.05, 4.69) is 25.6 Å². The molecule has 0 spiro atoms. The van der Waals surface area contributed by atoms with Crippen LogP contribution in [0.5, 0.6) is 0 Å². The topological polar surface area (TPSA) is 83.1 Å². The Balaban J connectivity index is 1.99. The zero-order valence-corrected chi connectivity index (χ0v) is 12.5. The van der Waals surface area contributed by atoms with Gasteiger partial charge >= 0.3 is 5.97 Å². The number of hydrogen-bond donors (Lipinski definition) is 2. The number of aromatic amines is 1. The van der Waals surface area contributed by atoms with Crippen LogP contribution in [0.25, 0.3) is 11.3 Å². The molecule has 0 bridgehead atoms. The minimum atomic E-state index is -0.457. The van der Waals surface area contributed by atoms with Gasteiger partial charge in [-0.1, -0.05) is 18.2 Å². The molecule has 3 rings (SSSR count). The van der Waals surface area contributed by atoms with Gasteiger partial charge in [-0.3, -0.25) is 0 Å². The summed E-state index contributed by atoms with van der Waals surface area (Å²) in [7, 11) is 0. The fraction of sp³-hybridized carbons (Fsp3) is 0.400. The first-order valence-corrected chi connectivity index (χ1v) is 7.44. The number of piperazine rings is 1. The molecule has 1 aliphatic heterocycles. The maximum Gasteiger partial charge on any atom is 0.361 e.